The highest BCUT2D eigenvalue weighted by Crippen LogP contribution is 2.28. The molecule has 1 atom stereocenters. The van der Waals surface area contributed by atoms with Crippen LogP contribution in [0.25, 0.3) is 0 Å². The van der Waals surface area contributed by atoms with Gasteiger partial charge in [0.15, 0.2) is 0 Å². The Kier molecular flexibility index (Phi) is 6.53. The number of benzene rings is 1. The van der Waals surface area contributed by atoms with Gasteiger partial charge < -0.3 is 25.2 Å². The average molecular weight is 407 g/mol. The van der Waals surface area contributed by atoms with Gasteiger partial charge in [-0.1, -0.05) is 0 Å². The van der Waals surface area contributed by atoms with Gasteiger partial charge in [0, 0.05) is 33.1 Å². The van der Waals surface area contributed by atoms with E-state index in [9.17, 15) is 18.8 Å². The molecule has 0 saturated carbocycles. The standard InChI is InChI=1S/C19H26FN5O4/c1-13(26)22-10-15-12-25(19(28)29-15)14-3-4-17(16(20)9-14)23-5-7-24(8-6-23)18(27)11-21-2/h3-4,9,15,21H,5-8,10-12H2,1-2H3,(H,22,26)/t15-/m0/s1. The molecule has 0 spiro atoms. The minimum absolute atomic E-state index is 0.0318. The number of carbonyl (C=O) groups excluding carboxylic acids is 3. The monoisotopic (exact) mass is 407 g/mol. The predicted octanol–water partition coefficient (Wildman–Crippen LogP) is 0.155. The summed E-state index contributed by atoms with van der Waals surface area (Å²) in [6, 6.07) is 4.64. The van der Waals surface area contributed by atoms with Gasteiger partial charge in [-0.25, -0.2) is 9.18 Å². The smallest absolute Gasteiger partial charge is 0.414 e. The van der Waals surface area contributed by atoms with Crippen molar-refractivity contribution in [3.8, 4) is 0 Å². The maximum Gasteiger partial charge on any atom is 0.414 e. The van der Waals surface area contributed by atoms with Crippen LogP contribution < -0.4 is 20.4 Å². The lowest BCUT2D eigenvalue weighted by Gasteiger charge is -2.36. The Morgan fingerprint density at radius 2 is 1.97 bits per heavy atom. The quantitative estimate of drug-likeness (QED) is 0.698. The fraction of sp³-hybridized carbons (Fsp3) is 0.526. The fourth-order valence-electron chi connectivity index (χ4n) is 3.48. The lowest BCUT2D eigenvalue weighted by atomic mass is 10.2. The van der Waals surface area contributed by atoms with Crippen molar-refractivity contribution in [3.05, 3.63) is 24.0 Å². The van der Waals surface area contributed by atoms with Crippen molar-refractivity contribution in [3.63, 3.8) is 0 Å². The zero-order chi connectivity index (χ0) is 21.0. The molecule has 0 unspecified atom stereocenters. The first kappa shape index (κ1) is 20.8. The van der Waals surface area contributed by atoms with Crippen LogP contribution in [0.5, 0.6) is 0 Å². The number of halogens is 1. The number of anilines is 2. The van der Waals surface area contributed by atoms with Crippen LogP contribution in [0.15, 0.2) is 18.2 Å². The first-order chi connectivity index (χ1) is 13.9. The molecule has 2 saturated heterocycles. The molecule has 3 amide bonds. The summed E-state index contributed by atoms with van der Waals surface area (Å²) < 4.78 is 20.0. The van der Waals surface area contributed by atoms with Crippen molar-refractivity contribution in [1.29, 1.82) is 0 Å². The number of likely N-dealkylation sites (N-methyl/N-ethyl adjacent to an activating group) is 1. The van der Waals surface area contributed by atoms with Gasteiger partial charge in [-0.2, -0.15) is 0 Å². The summed E-state index contributed by atoms with van der Waals surface area (Å²) in [4.78, 5) is 40.1. The van der Waals surface area contributed by atoms with Crippen LogP contribution in [-0.4, -0.2) is 81.8 Å². The molecule has 1 aromatic rings. The van der Waals surface area contributed by atoms with E-state index in [-0.39, 0.29) is 31.4 Å². The molecule has 29 heavy (non-hydrogen) atoms. The van der Waals surface area contributed by atoms with Crippen molar-refractivity contribution in [2.24, 2.45) is 0 Å². The molecule has 2 aliphatic rings. The van der Waals surface area contributed by atoms with Crippen LogP contribution in [0, 0.1) is 5.82 Å². The van der Waals surface area contributed by atoms with Gasteiger partial charge in [0.1, 0.15) is 11.9 Å². The number of amides is 3. The summed E-state index contributed by atoms with van der Waals surface area (Å²) in [5.41, 5.74) is 0.848. The molecule has 2 aliphatic heterocycles. The van der Waals surface area contributed by atoms with Crippen LogP contribution in [0.4, 0.5) is 20.6 Å². The van der Waals surface area contributed by atoms with E-state index >= 15 is 0 Å². The number of cyclic esters (lactones) is 1. The zero-order valence-electron chi connectivity index (χ0n) is 16.6. The number of nitrogens with one attached hydrogen (secondary N) is 2. The second-order valence-corrected chi connectivity index (χ2v) is 7.09. The molecule has 3 rings (SSSR count). The van der Waals surface area contributed by atoms with Crippen molar-refractivity contribution in [2.45, 2.75) is 13.0 Å². The normalized spacial score (nSPS) is 19.3. The average Bonchev–Trinajstić information content (AvgIpc) is 3.07. The minimum Gasteiger partial charge on any atom is -0.442 e. The van der Waals surface area contributed by atoms with Crippen LogP contribution in [0.3, 0.4) is 0 Å². The summed E-state index contributed by atoms with van der Waals surface area (Å²) in [7, 11) is 1.73. The first-order valence-electron chi connectivity index (χ1n) is 9.58. The van der Waals surface area contributed by atoms with E-state index in [1.54, 1.807) is 24.1 Å². The lowest BCUT2D eigenvalue weighted by molar-refractivity contribution is -0.130. The Labute approximate surface area is 168 Å². The summed E-state index contributed by atoms with van der Waals surface area (Å²) in [5.74, 6) is -0.609. The Bertz CT molecular complexity index is 782. The molecule has 2 fully saturated rings. The Morgan fingerprint density at radius 1 is 1.24 bits per heavy atom. The molecule has 0 bridgehead atoms. The predicted molar refractivity (Wildman–Crippen MR) is 105 cm³/mol. The number of hydrogen-bond acceptors (Lipinski definition) is 6. The molecular formula is C19H26FN5O4. The van der Waals surface area contributed by atoms with Gasteiger partial charge in [0.05, 0.1) is 31.0 Å². The number of rotatable bonds is 6. The number of ether oxygens (including phenoxy) is 1. The van der Waals surface area contributed by atoms with E-state index in [0.29, 0.717) is 37.6 Å². The zero-order valence-corrected chi connectivity index (χ0v) is 16.6. The van der Waals surface area contributed by atoms with Crippen LogP contribution in [-0.2, 0) is 14.3 Å². The Morgan fingerprint density at radius 3 is 2.59 bits per heavy atom. The Balaban J connectivity index is 1.62. The molecule has 0 aliphatic carbocycles. The molecule has 1 aromatic carbocycles. The van der Waals surface area contributed by atoms with E-state index < -0.39 is 18.0 Å². The van der Waals surface area contributed by atoms with Gasteiger partial charge in [-0.05, 0) is 25.2 Å². The highest BCUT2D eigenvalue weighted by molar-refractivity contribution is 5.90. The first-order valence-corrected chi connectivity index (χ1v) is 9.58. The number of nitrogens with zero attached hydrogens (tertiary/aromatic N) is 3. The van der Waals surface area contributed by atoms with Gasteiger partial charge in [0.25, 0.3) is 0 Å². The van der Waals surface area contributed by atoms with E-state index in [1.807, 2.05) is 4.90 Å². The number of hydrogen-bond donors (Lipinski definition) is 2. The Hall–Kier alpha value is -2.88. The summed E-state index contributed by atoms with van der Waals surface area (Å²) in [6.07, 6.45) is -1.04. The summed E-state index contributed by atoms with van der Waals surface area (Å²) >= 11 is 0. The van der Waals surface area contributed by atoms with Gasteiger partial charge in [0.2, 0.25) is 11.8 Å². The second-order valence-electron chi connectivity index (χ2n) is 7.09. The van der Waals surface area contributed by atoms with Crippen LogP contribution in [0.1, 0.15) is 6.92 Å². The van der Waals surface area contributed by atoms with Crippen molar-refractivity contribution in [1.82, 2.24) is 15.5 Å². The SMILES string of the molecule is CNCC(=O)N1CCN(c2ccc(N3C[C@H](CNC(C)=O)OC3=O)cc2F)CC1. The molecule has 0 radical (unpaired) electrons. The second kappa shape index (κ2) is 9.08. The number of piperazine rings is 1. The fourth-order valence-corrected chi connectivity index (χ4v) is 3.48. The maximum atomic E-state index is 14.8. The van der Waals surface area contributed by atoms with E-state index in [2.05, 4.69) is 10.6 Å². The van der Waals surface area contributed by atoms with Crippen LogP contribution in [0.2, 0.25) is 0 Å². The van der Waals surface area contributed by atoms with Crippen molar-refractivity contribution in [2.75, 3.05) is 62.7 Å². The van der Waals surface area contributed by atoms with Crippen LogP contribution >= 0.6 is 0 Å². The lowest BCUT2D eigenvalue weighted by Crippen LogP contribution is -2.50. The minimum atomic E-state index is -0.566. The van der Waals surface area contributed by atoms with E-state index in [0.717, 1.165) is 0 Å². The third kappa shape index (κ3) is 4.94. The van der Waals surface area contributed by atoms with E-state index in [1.165, 1.54) is 17.9 Å². The highest BCUT2D eigenvalue weighted by atomic mass is 19.1. The molecule has 10 heteroatoms. The van der Waals surface area contributed by atoms with Gasteiger partial charge in [-0.15, -0.1) is 0 Å². The van der Waals surface area contributed by atoms with Crippen molar-refractivity contribution < 1.29 is 23.5 Å². The molecule has 9 nitrogen and oxygen atoms in total. The van der Waals surface area contributed by atoms with Gasteiger partial charge >= 0.3 is 6.09 Å². The topological polar surface area (TPSA) is 94.2 Å². The summed E-state index contributed by atoms with van der Waals surface area (Å²) in [6.45, 7) is 4.28. The summed E-state index contributed by atoms with van der Waals surface area (Å²) in [5, 5.41) is 5.45. The van der Waals surface area contributed by atoms with Gasteiger partial charge in [-0.3, -0.25) is 14.5 Å². The third-order valence-electron chi connectivity index (χ3n) is 5.00. The molecule has 2 N–H and O–H groups in total. The largest absolute Gasteiger partial charge is 0.442 e. The van der Waals surface area contributed by atoms with Crippen molar-refractivity contribution >= 4 is 29.3 Å². The molecule has 0 aromatic heterocycles. The maximum absolute atomic E-state index is 14.8. The number of carbonyl (C=O) groups is 3. The molecule has 2 heterocycles. The third-order valence-corrected chi connectivity index (χ3v) is 5.00. The van der Waals surface area contributed by atoms with E-state index in [4.69, 9.17) is 4.74 Å². The molecule has 158 valence electrons. The molecular weight excluding hydrogens is 381 g/mol. The highest BCUT2D eigenvalue weighted by Gasteiger charge is 2.33.